The highest BCUT2D eigenvalue weighted by atomic mass is 16.2. The smallest absolute Gasteiger partial charge is 0.227 e. The Morgan fingerprint density at radius 3 is 2.62 bits per heavy atom. The molecule has 1 N–H and O–H groups in total. The molecular formula is C20H28N2O2. The second-order valence-corrected chi connectivity index (χ2v) is 7.55. The Bertz CT molecular complexity index is 641. The van der Waals surface area contributed by atoms with Crippen LogP contribution in [0.5, 0.6) is 0 Å². The molecule has 0 unspecified atom stereocenters. The molecule has 0 radical (unpaired) electrons. The molecule has 1 aromatic carbocycles. The molecule has 4 nitrogen and oxygen atoms in total. The molecule has 3 atom stereocenters. The number of hydrogen-bond donors (Lipinski definition) is 1. The van der Waals surface area contributed by atoms with E-state index in [0.29, 0.717) is 18.9 Å². The van der Waals surface area contributed by atoms with Crippen LogP contribution in [-0.4, -0.2) is 24.4 Å². The largest absolute Gasteiger partial charge is 0.353 e. The van der Waals surface area contributed by atoms with Crippen LogP contribution in [-0.2, 0) is 9.59 Å². The van der Waals surface area contributed by atoms with Crippen molar-refractivity contribution in [1.29, 1.82) is 0 Å². The van der Waals surface area contributed by atoms with Gasteiger partial charge in [-0.3, -0.25) is 9.59 Å². The van der Waals surface area contributed by atoms with Gasteiger partial charge in [0.1, 0.15) is 0 Å². The van der Waals surface area contributed by atoms with Gasteiger partial charge < -0.3 is 10.2 Å². The van der Waals surface area contributed by atoms with E-state index < -0.39 is 0 Å². The average Bonchev–Trinajstić information content (AvgIpc) is 2.94. The number of anilines is 1. The predicted molar refractivity (Wildman–Crippen MR) is 95.9 cm³/mol. The van der Waals surface area contributed by atoms with E-state index >= 15 is 0 Å². The quantitative estimate of drug-likeness (QED) is 0.925. The molecule has 130 valence electrons. The van der Waals surface area contributed by atoms with E-state index in [4.69, 9.17) is 0 Å². The van der Waals surface area contributed by atoms with E-state index in [1.807, 2.05) is 25.1 Å². The Balaban J connectivity index is 1.65. The number of amides is 2. The molecule has 0 bridgehead atoms. The zero-order valence-electron chi connectivity index (χ0n) is 15.0. The van der Waals surface area contributed by atoms with Gasteiger partial charge >= 0.3 is 0 Å². The lowest BCUT2D eigenvalue weighted by atomic mass is 9.85. The van der Waals surface area contributed by atoms with E-state index in [-0.39, 0.29) is 23.8 Å². The summed E-state index contributed by atoms with van der Waals surface area (Å²) in [6, 6.07) is 6.33. The standard InChI is InChI=1S/C20H28N2O2/c1-13-8-9-17(10-15(13)3)22-12-16(11-19(22)23)20(24)21-18-7-5-4-6-14(18)2/h8-10,14,16,18H,4-7,11-12H2,1-3H3,(H,21,24)/t14-,16-,18+/m1/s1. The van der Waals surface area contributed by atoms with Crippen LogP contribution in [0.3, 0.4) is 0 Å². The van der Waals surface area contributed by atoms with Crippen molar-refractivity contribution in [3.8, 4) is 0 Å². The number of aryl methyl sites for hydroxylation is 2. The van der Waals surface area contributed by atoms with Gasteiger partial charge in [0.2, 0.25) is 11.8 Å². The number of rotatable bonds is 3. The third-order valence-electron chi connectivity index (χ3n) is 5.74. The van der Waals surface area contributed by atoms with Crippen molar-refractivity contribution in [3.63, 3.8) is 0 Å². The summed E-state index contributed by atoms with van der Waals surface area (Å²) in [4.78, 5) is 26.8. The molecule has 0 aromatic heterocycles. The third kappa shape index (κ3) is 3.47. The van der Waals surface area contributed by atoms with Gasteiger partial charge in [-0.05, 0) is 55.9 Å². The Morgan fingerprint density at radius 1 is 1.17 bits per heavy atom. The van der Waals surface area contributed by atoms with Gasteiger partial charge in [-0.15, -0.1) is 0 Å². The lowest BCUT2D eigenvalue weighted by Gasteiger charge is -2.30. The highest BCUT2D eigenvalue weighted by molar-refractivity contribution is 6.00. The maximum atomic E-state index is 12.6. The van der Waals surface area contributed by atoms with Gasteiger partial charge in [-0.1, -0.05) is 25.8 Å². The molecule has 1 saturated heterocycles. The first-order chi connectivity index (χ1) is 11.5. The maximum absolute atomic E-state index is 12.6. The molecule has 2 aliphatic rings. The normalized spacial score (nSPS) is 27.4. The van der Waals surface area contributed by atoms with Gasteiger partial charge in [0.05, 0.1) is 5.92 Å². The van der Waals surface area contributed by atoms with Gasteiger partial charge in [0.25, 0.3) is 0 Å². The van der Waals surface area contributed by atoms with Crippen molar-refractivity contribution in [2.24, 2.45) is 11.8 Å². The topological polar surface area (TPSA) is 49.4 Å². The minimum absolute atomic E-state index is 0.0495. The summed E-state index contributed by atoms with van der Waals surface area (Å²) in [5.74, 6) is 0.410. The molecule has 4 heteroatoms. The highest BCUT2D eigenvalue weighted by Crippen LogP contribution is 2.28. The van der Waals surface area contributed by atoms with Gasteiger partial charge in [0, 0.05) is 24.7 Å². The molecule has 2 amide bonds. The zero-order valence-corrected chi connectivity index (χ0v) is 15.0. The fourth-order valence-electron chi connectivity index (χ4n) is 3.86. The summed E-state index contributed by atoms with van der Waals surface area (Å²) in [5, 5.41) is 3.21. The number of nitrogens with zero attached hydrogens (tertiary/aromatic N) is 1. The fourth-order valence-corrected chi connectivity index (χ4v) is 3.86. The molecule has 24 heavy (non-hydrogen) atoms. The number of hydrogen-bond acceptors (Lipinski definition) is 2. The predicted octanol–water partition coefficient (Wildman–Crippen LogP) is 3.35. The Hall–Kier alpha value is -1.84. The van der Waals surface area contributed by atoms with Crippen molar-refractivity contribution in [1.82, 2.24) is 5.32 Å². The van der Waals surface area contributed by atoms with Crippen molar-refractivity contribution >= 4 is 17.5 Å². The SMILES string of the molecule is Cc1ccc(N2C[C@H](C(=O)N[C@H]3CCCC[C@H]3C)CC2=O)cc1C. The van der Waals surface area contributed by atoms with E-state index in [2.05, 4.69) is 19.2 Å². The zero-order chi connectivity index (χ0) is 17.3. The molecule has 0 spiro atoms. The van der Waals surface area contributed by atoms with Gasteiger partial charge in [-0.25, -0.2) is 0 Å². The summed E-state index contributed by atoms with van der Waals surface area (Å²) < 4.78 is 0. The second kappa shape index (κ2) is 6.96. The Morgan fingerprint density at radius 2 is 1.92 bits per heavy atom. The number of carbonyl (C=O) groups is 2. The molecule has 3 rings (SSSR count). The lowest BCUT2D eigenvalue weighted by molar-refractivity contribution is -0.127. The molecule has 1 heterocycles. The first-order valence-electron chi connectivity index (χ1n) is 9.13. The number of nitrogens with one attached hydrogen (secondary N) is 1. The lowest BCUT2D eigenvalue weighted by Crippen LogP contribution is -2.44. The molecule has 1 aromatic rings. The van der Waals surface area contributed by atoms with E-state index in [1.165, 1.54) is 30.4 Å². The van der Waals surface area contributed by atoms with Crippen molar-refractivity contribution < 1.29 is 9.59 Å². The van der Waals surface area contributed by atoms with Crippen LogP contribution in [0.1, 0.15) is 50.2 Å². The number of carbonyl (C=O) groups excluding carboxylic acids is 2. The summed E-state index contributed by atoms with van der Waals surface area (Å²) in [6.45, 7) is 6.82. The van der Waals surface area contributed by atoms with Gasteiger partial charge in [0.15, 0.2) is 0 Å². The summed E-state index contributed by atoms with van der Waals surface area (Å²) in [6.07, 6.45) is 5.02. The Kier molecular flexibility index (Phi) is 4.93. The summed E-state index contributed by atoms with van der Waals surface area (Å²) in [7, 11) is 0. The summed E-state index contributed by atoms with van der Waals surface area (Å²) in [5.41, 5.74) is 3.29. The first kappa shape index (κ1) is 17.0. The van der Waals surface area contributed by atoms with Crippen LogP contribution in [0.4, 0.5) is 5.69 Å². The van der Waals surface area contributed by atoms with E-state index in [9.17, 15) is 9.59 Å². The van der Waals surface area contributed by atoms with E-state index in [0.717, 1.165) is 12.1 Å². The molecule has 1 saturated carbocycles. The van der Waals surface area contributed by atoms with Gasteiger partial charge in [-0.2, -0.15) is 0 Å². The molecule has 2 fully saturated rings. The van der Waals surface area contributed by atoms with Crippen molar-refractivity contribution in [3.05, 3.63) is 29.3 Å². The molecule has 1 aliphatic carbocycles. The minimum Gasteiger partial charge on any atom is -0.353 e. The van der Waals surface area contributed by atoms with Crippen LogP contribution < -0.4 is 10.2 Å². The fraction of sp³-hybridized carbons (Fsp3) is 0.600. The van der Waals surface area contributed by atoms with Crippen LogP contribution in [0.25, 0.3) is 0 Å². The van der Waals surface area contributed by atoms with E-state index in [1.54, 1.807) is 4.90 Å². The first-order valence-corrected chi connectivity index (χ1v) is 9.13. The molecule has 1 aliphatic heterocycles. The average molecular weight is 328 g/mol. The monoisotopic (exact) mass is 328 g/mol. The second-order valence-electron chi connectivity index (χ2n) is 7.55. The van der Waals surface area contributed by atoms with Crippen LogP contribution in [0, 0.1) is 25.7 Å². The summed E-state index contributed by atoms with van der Waals surface area (Å²) >= 11 is 0. The Labute approximate surface area is 144 Å². The van der Waals surface area contributed by atoms with Crippen LogP contribution >= 0.6 is 0 Å². The minimum atomic E-state index is -0.228. The van der Waals surface area contributed by atoms with Crippen LogP contribution in [0.2, 0.25) is 0 Å². The maximum Gasteiger partial charge on any atom is 0.227 e. The van der Waals surface area contributed by atoms with Crippen molar-refractivity contribution in [2.75, 3.05) is 11.4 Å². The number of benzene rings is 1. The highest BCUT2D eigenvalue weighted by Gasteiger charge is 2.36. The third-order valence-corrected chi connectivity index (χ3v) is 5.74. The molecular weight excluding hydrogens is 300 g/mol. The van der Waals surface area contributed by atoms with Crippen LogP contribution in [0.15, 0.2) is 18.2 Å². The van der Waals surface area contributed by atoms with Crippen molar-refractivity contribution in [2.45, 2.75) is 58.9 Å².